The third-order valence-electron chi connectivity index (χ3n) is 3.16. The van der Waals surface area contributed by atoms with Crippen molar-refractivity contribution in [2.45, 2.75) is 25.0 Å². The maximum Gasteiger partial charge on any atom is 0.303 e. The van der Waals surface area contributed by atoms with Gasteiger partial charge in [-0.2, -0.15) is 11.8 Å². The standard InChI is InChI=1S/C13H14F2O2S/c14-10-2-1-9(11(15)5-10)7-18-8-13(3-4-13)6-12(16)17/h1-2,5H,3-4,6-8H2,(H,16,17). The van der Waals surface area contributed by atoms with Crippen LogP contribution < -0.4 is 0 Å². The molecule has 5 heteroatoms. The number of hydrogen-bond donors (Lipinski definition) is 1. The number of thioether (sulfide) groups is 1. The molecule has 0 amide bonds. The number of carbonyl (C=O) groups is 1. The minimum Gasteiger partial charge on any atom is -0.481 e. The summed E-state index contributed by atoms with van der Waals surface area (Å²) in [6.07, 6.45) is 2.04. The average molecular weight is 272 g/mol. The van der Waals surface area contributed by atoms with Gasteiger partial charge in [0.2, 0.25) is 0 Å². The molecule has 0 aromatic heterocycles. The first-order chi connectivity index (χ1) is 8.51. The van der Waals surface area contributed by atoms with Gasteiger partial charge in [-0.05, 0) is 35.6 Å². The van der Waals surface area contributed by atoms with Crippen molar-refractivity contribution in [2.75, 3.05) is 5.75 Å². The number of aliphatic carboxylic acids is 1. The Balaban J connectivity index is 1.83. The maximum absolute atomic E-state index is 13.3. The lowest BCUT2D eigenvalue weighted by molar-refractivity contribution is -0.138. The Morgan fingerprint density at radius 1 is 1.39 bits per heavy atom. The van der Waals surface area contributed by atoms with E-state index in [0.29, 0.717) is 11.3 Å². The predicted molar refractivity (Wildman–Crippen MR) is 66.4 cm³/mol. The van der Waals surface area contributed by atoms with Gasteiger partial charge in [0.15, 0.2) is 0 Å². The van der Waals surface area contributed by atoms with Crippen LogP contribution in [-0.2, 0) is 10.5 Å². The van der Waals surface area contributed by atoms with Crippen LogP contribution in [0.2, 0.25) is 0 Å². The molecule has 1 aromatic rings. The molecular formula is C13H14F2O2S. The van der Waals surface area contributed by atoms with Crippen LogP contribution in [0, 0.1) is 17.0 Å². The van der Waals surface area contributed by atoms with Crippen molar-refractivity contribution < 1.29 is 18.7 Å². The summed E-state index contributed by atoms with van der Waals surface area (Å²) in [6, 6.07) is 3.55. The Morgan fingerprint density at radius 3 is 2.67 bits per heavy atom. The Morgan fingerprint density at radius 2 is 2.11 bits per heavy atom. The maximum atomic E-state index is 13.3. The smallest absolute Gasteiger partial charge is 0.303 e. The van der Waals surface area contributed by atoms with Crippen molar-refractivity contribution in [1.29, 1.82) is 0 Å². The average Bonchev–Trinajstić information content (AvgIpc) is 3.00. The third kappa shape index (κ3) is 3.45. The third-order valence-corrected chi connectivity index (χ3v) is 4.50. The fourth-order valence-electron chi connectivity index (χ4n) is 1.89. The molecular weight excluding hydrogens is 258 g/mol. The summed E-state index contributed by atoms with van der Waals surface area (Å²) in [7, 11) is 0. The highest BCUT2D eigenvalue weighted by Gasteiger charge is 2.44. The largest absolute Gasteiger partial charge is 0.481 e. The first kappa shape index (κ1) is 13.3. The van der Waals surface area contributed by atoms with E-state index in [9.17, 15) is 13.6 Å². The summed E-state index contributed by atoms with van der Waals surface area (Å²) in [5, 5.41) is 8.77. The van der Waals surface area contributed by atoms with Gasteiger partial charge < -0.3 is 5.11 Å². The van der Waals surface area contributed by atoms with Crippen molar-refractivity contribution >= 4 is 17.7 Å². The van der Waals surface area contributed by atoms with Crippen LogP contribution in [0.4, 0.5) is 8.78 Å². The van der Waals surface area contributed by atoms with E-state index in [4.69, 9.17) is 5.11 Å². The Bertz CT molecular complexity index is 458. The second-order valence-corrected chi connectivity index (χ2v) is 5.78. The van der Waals surface area contributed by atoms with E-state index < -0.39 is 17.6 Å². The molecule has 1 saturated carbocycles. The molecule has 0 unspecified atom stereocenters. The number of halogens is 2. The number of benzene rings is 1. The first-order valence-corrected chi connectivity index (χ1v) is 6.90. The second kappa shape index (κ2) is 5.26. The van der Waals surface area contributed by atoms with Gasteiger partial charge >= 0.3 is 5.97 Å². The van der Waals surface area contributed by atoms with Gasteiger partial charge in [-0.1, -0.05) is 6.07 Å². The summed E-state index contributed by atoms with van der Waals surface area (Å²) in [5.74, 6) is -0.721. The van der Waals surface area contributed by atoms with Crippen molar-refractivity contribution in [1.82, 2.24) is 0 Å². The van der Waals surface area contributed by atoms with Gasteiger partial charge in [0.1, 0.15) is 11.6 Å². The molecule has 0 atom stereocenters. The number of carboxylic acids is 1. The number of carboxylic acid groups (broad SMARTS) is 1. The molecule has 0 aliphatic heterocycles. The van der Waals surface area contributed by atoms with Crippen molar-refractivity contribution in [3.8, 4) is 0 Å². The van der Waals surface area contributed by atoms with Gasteiger partial charge in [-0.25, -0.2) is 8.78 Å². The van der Waals surface area contributed by atoms with Gasteiger partial charge in [-0.15, -0.1) is 0 Å². The van der Waals surface area contributed by atoms with Crippen LogP contribution in [0.5, 0.6) is 0 Å². The van der Waals surface area contributed by atoms with Crippen LogP contribution in [0.3, 0.4) is 0 Å². The zero-order chi connectivity index (χ0) is 13.2. The van der Waals surface area contributed by atoms with E-state index in [1.54, 1.807) is 0 Å². The van der Waals surface area contributed by atoms with Crippen LogP contribution in [0.1, 0.15) is 24.8 Å². The monoisotopic (exact) mass is 272 g/mol. The fourth-order valence-corrected chi connectivity index (χ4v) is 3.27. The van der Waals surface area contributed by atoms with Gasteiger partial charge in [-0.3, -0.25) is 4.79 Å². The minimum absolute atomic E-state index is 0.0903. The van der Waals surface area contributed by atoms with Crippen LogP contribution in [-0.4, -0.2) is 16.8 Å². The van der Waals surface area contributed by atoms with Crippen LogP contribution >= 0.6 is 11.8 Å². The summed E-state index contributed by atoms with van der Waals surface area (Å²) in [5.41, 5.74) is 0.375. The van der Waals surface area contributed by atoms with Gasteiger partial charge in [0.05, 0.1) is 6.42 Å². The normalized spacial score (nSPS) is 16.6. The molecule has 0 saturated heterocycles. The highest BCUT2D eigenvalue weighted by molar-refractivity contribution is 7.98. The van der Waals surface area contributed by atoms with Crippen molar-refractivity contribution in [3.05, 3.63) is 35.4 Å². The molecule has 0 spiro atoms. The fraction of sp³-hybridized carbons (Fsp3) is 0.462. The second-order valence-electron chi connectivity index (χ2n) is 4.80. The molecule has 2 nitrogen and oxygen atoms in total. The molecule has 18 heavy (non-hydrogen) atoms. The van der Waals surface area contributed by atoms with Gasteiger partial charge in [0.25, 0.3) is 0 Å². The summed E-state index contributed by atoms with van der Waals surface area (Å²) in [4.78, 5) is 10.7. The molecule has 2 rings (SSSR count). The van der Waals surface area contributed by atoms with E-state index in [2.05, 4.69) is 0 Å². The number of hydrogen-bond acceptors (Lipinski definition) is 2. The van der Waals surface area contributed by atoms with Crippen molar-refractivity contribution in [2.24, 2.45) is 5.41 Å². The Labute approximate surface area is 108 Å². The minimum atomic E-state index is -0.777. The molecule has 0 bridgehead atoms. The Hall–Kier alpha value is -1.10. The summed E-state index contributed by atoms with van der Waals surface area (Å²) in [6.45, 7) is 0. The van der Waals surface area contributed by atoms with Crippen molar-refractivity contribution in [3.63, 3.8) is 0 Å². The summed E-state index contributed by atoms with van der Waals surface area (Å²) >= 11 is 1.51. The number of rotatable bonds is 6. The van der Waals surface area contributed by atoms with E-state index >= 15 is 0 Å². The molecule has 1 N–H and O–H groups in total. The zero-order valence-corrected chi connectivity index (χ0v) is 10.6. The highest BCUT2D eigenvalue weighted by Crippen LogP contribution is 2.51. The molecule has 0 heterocycles. The molecule has 0 radical (unpaired) electrons. The van der Waals surface area contributed by atoms with E-state index in [1.807, 2.05) is 0 Å². The van der Waals surface area contributed by atoms with E-state index in [-0.39, 0.29) is 11.8 Å². The quantitative estimate of drug-likeness (QED) is 0.861. The molecule has 1 fully saturated rings. The Kier molecular flexibility index (Phi) is 3.90. The molecule has 1 aromatic carbocycles. The zero-order valence-electron chi connectivity index (χ0n) is 9.79. The lowest BCUT2D eigenvalue weighted by Gasteiger charge is -2.11. The summed E-state index contributed by atoms with van der Waals surface area (Å²) < 4.78 is 26.0. The highest BCUT2D eigenvalue weighted by atomic mass is 32.2. The predicted octanol–water partition coefficient (Wildman–Crippen LogP) is 3.45. The topological polar surface area (TPSA) is 37.3 Å². The lowest BCUT2D eigenvalue weighted by Crippen LogP contribution is -2.11. The SMILES string of the molecule is O=C(O)CC1(CSCc2ccc(F)cc2F)CC1. The first-order valence-electron chi connectivity index (χ1n) is 5.74. The molecule has 1 aliphatic rings. The van der Waals surface area contributed by atoms with Gasteiger partial charge in [0, 0.05) is 11.8 Å². The van der Waals surface area contributed by atoms with E-state index in [0.717, 1.165) is 24.7 Å². The van der Waals surface area contributed by atoms with E-state index in [1.165, 1.54) is 23.9 Å². The van der Waals surface area contributed by atoms with Crippen LogP contribution in [0.25, 0.3) is 0 Å². The van der Waals surface area contributed by atoms with Crippen LogP contribution in [0.15, 0.2) is 18.2 Å². The molecule has 98 valence electrons. The lowest BCUT2D eigenvalue weighted by atomic mass is 10.1. The molecule has 1 aliphatic carbocycles.